The second kappa shape index (κ2) is 15.4. The van der Waals surface area contributed by atoms with Crippen molar-refractivity contribution in [2.45, 2.75) is 33.7 Å². The first kappa shape index (κ1) is 24.1. The van der Waals surface area contributed by atoms with Gasteiger partial charge in [0.1, 0.15) is 5.82 Å². The number of nitrogens with one attached hydrogen (secondary N) is 1. The SMILES string of the molecule is C/C=C/C=N/N(Cc1cccc(F)c1)C(CCNC)=C(C)C.C=CCCl. The van der Waals surface area contributed by atoms with Crippen LogP contribution in [0.5, 0.6) is 0 Å². The fourth-order valence-corrected chi connectivity index (χ4v) is 2.10. The van der Waals surface area contributed by atoms with Crippen LogP contribution >= 0.6 is 11.6 Å². The molecule has 0 unspecified atom stereocenters. The quantitative estimate of drug-likeness (QED) is 0.265. The first-order chi connectivity index (χ1) is 12.5. The number of hydrazone groups is 1. The third kappa shape index (κ3) is 10.9. The van der Waals surface area contributed by atoms with Crippen LogP contribution in [0.2, 0.25) is 0 Å². The third-order valence-corrected chi connectivity index (χ3v) is 3.53. The van der Waals surface area contributed by atoms with E-state index in [0.717, 1.165) is 24.2 Å². The molecule has 0 amide bonds. The molecule has 1 aromatic carbocycles. The molecule has 0 aliphatic rings. The van der Waals surface area contributed by atoms with Gasteiger partial charge < -0.3 is 5.32 Å². The highest BCUT2D eigenvalue weighted by molar-refractivity contribution is 6.18. The van der Waals surface area contributed by atoms with Gasteiger partial charge in [-0.1, -0.05) is 29.9 Å². The second-order valence-corrected chi connectivity index (χ2v) is 6.03. The maximum atomic E-state index is 13.4. The Morgan fingerprint density at radius 2 is 2.08 bits per heavy atom. The van der Waals surface area contributed by atoms with Crippen molar-refractivity contribution in [2.24, 2.45) is 5.10 Å². The number of rotatable bonds is 9. The summed E-state index contributed by atoms with van der Waals surface area (Å²) in [6.07, 6.45) is 8.10. The largest absolute Gasteiger partial charge is 0.319 e. The number of hydrogen-bond donors (Lipinski definition) is 1. The summed E-state index contributed by atoms with van der Waals surface area (Å²) >= 11 is 5.07. The van der Waals surface area contributed by atoms with Crippen molar-refractivity contribution in [2.75, 3.05) is 19.5 Å². The first-order valence-electron chi connectivity index (χ1n) is 8.65. The molecule has 3 nitrogen and oxygen atoms in total. The molecule has 5 heteroatoms. The number of allylic oxidation sites excluding steroid dienone is 4. The molecule has 1 aromatic rings. The highest BCUT2D eigenvalue weighted by Crippen LogP contribution is 2.18. The summed E-state index contributed by atoms with van der Waals surface area (Å²) in [5.41, 5.74) is 3.27. The Balaban J connectivity index is 0.00000141. The van der Waals surface area contributed by atoms with Crippen LogP contribution in [0.4, 0.5) is 4.39 Å². The van der Waals surface area contributed by atoms with Gasteiger partial charge in [-0.3, -0.25) is 5.01 Å². The van der Waals surface area contributed by atoms with Gasteiger partial charge in [-0.2, -0.15) is 5.10 Å². The molecule has 0 bridgehead atoms. The Bertz CT molecular complexity index is 605. The Morgan fingerprint density at radius 1 is 1.38 bits per heavy atom. The van der Waals surface area contributed by atoms with Crippen LogP contribution in [0.1, 0.15) is 32.8 Å². The predicted octanol–water partition coefficient (Wildman–Crippen LogP) is 5.50. The summed E-state index contributed by atoms with van der Waals surface area (Å²) in [7, 11) is 1.93. The highest BCUT2D eigenvalue weighted by Gasteiger charge is 2.11. The molecule has 26 heavy (non-hydrogen) atoms. The molecule has 0 saturated heterocycles. The van der Waals surface area contributed by atoms with Gasteiger partial charge in [-0.25, -0.2) is 4.39 Å². The minimum Gasteiger partial charge on any atom is -0.319 e. The molecule has 144 valence electrons. The van der Waals surface area contributed by atoms with Gasteiger partial charge in [0, 0.05) is 30.8 Å². The first-order valence-corrected chi connectivity index (χ1v) is 9.18. The van der Waals surface area contributed by atoms with E-state index in [1.165, 1.54) is 11.6 Å². The zero-order valence-electron chi connectivity index (χ0n) is 16.3. The minimum atomic E-state index is -0.219. The number of benzene rings is 1. The van der Waals surface area contributed by atoms with Crippen molar-refractivity contribution >= 4 is 17.8 Å². The summed E-state index contributed by atoms with van der Waals surface area (Å²) in [5, 5.41) is 9.63. The molecule has 0 saturated carbocycles. The summed E-state index contributed by atoms with van der Waals surface area (Å²) in [6.45, 7) is 10.9. The lowest BCUT2D eigenvalue weighted by Crippen LogP contribution is -2.21. The van der Waals surface area contributed by atoms with E-state index in [1.807, 2.05) is 37.2 Å². The van der Waals surface area contributed by atoms with E-state index in [4.69, 9.17) is 11.6 Å². The van der Waals surface area contributed by atoms with E-state index in [1.54, 1.807) is 24.4 Å². The van der Waals surface area contributed by atoms with Crippen LogP contribution < -0.4 is 5.32 Å². The number of hydrogen-bond acceptors (Lipinski definition) is 3. The van der Waals surface area contributed by atoms with E-state index in [2.05, 4.69) is 30.8 Å². The Kier molecular flexibility index (Phi) is 14.2. The standard InChI is InChI=1S/C18H26FN3.C3H5Cl/c1-5-6-11-21-22(18(15(2)3)10-12-20-4)14-16-8-7-9-17(19)13-16;1-2-3-4/h5-9,11,13,20H,10,12,14H2,1-4H3;2H,1,3H2/b6-5+,21-11+;. The zero-order chi connectivity index (χ0) is 19.8. The van der Waals surface area contributed by atoms with Gasteiger partial charge in [0.15, 0.2) is 0 Å². The van der Waals surface area contributed by atoms with E-state index in [9.17, 15) is 4.39 Å². The molecule has 0 fully saturated rings. The van der Waals surface area contributed by atoms with Gasteiger partial charge in [-0.05, 0) is 51.6 Å². The van der Waals surface area contributed by atoms with Crippen LogP contribution in [0.3, 0.4) is 0 Å². The van der Waals surface area contributed by atoms with Gasteiger partial charge in [0.25, 0.3) is 0 Å². The predicted molar refractivity (Wildman–Crippen MR) is 113 cm³/mol. The lowest BCUT2D eigenvalue weighted by atomic mass is 10.1. The molecular formula is C21H31ClFN3. The molecule has 0 aliphatic carbocycles. The van der Waals surface area contributed by atoms with E-state index in [0.29, 0.717) is 12.4 Å². The lowest BCUT2D eigenvalue weighted by molar-refractivity contribution is 0.339. The minimum absolute atomic E-state index is 0.219. The van der Waals surface area contributed by atoms with Crippen molar-refractivity contribution in [3.05, 3.63) is 71.7 Å². The second-order valence-electron chi connectivity index (χ2n) is 5.72. The van der Waals surface area contributed by atoms with Crippen molar-refractivity contribution in [1.82, 2.24) is 10.3 Å². The Hall–Kier alpha value is -1.91. The maximum absolute atomic E-state index is 13.4. The maximum Gasteiger partial charge on any atom is 0.123 e. The van der Waals surface area contributed by atoms with Crippen LogP contribution in [0.15, 0.2) is 65.4 Å². The number of halogens is 2. The van der Waals surface area contributed by atoms with Gasteiger partial charge in [0.05, 0.1) is 6.54 Å². The van der Waals surface area contributed by atoms with Crippen LogP contribution in [0.25, 0.3) is 0 Å². The molecule has 0 radical (unpaired) electrons. The highest BCUT2D eigenvalue weighted by atomic mass is 35.5. The summed E-state index contributed by atoms with van der Waals surface area (Å²) in [4.78, 5) is 0. The van der Waals surface area contributed by atoms with Crippen molar-refractivity contribution in [3.8, 4) is 0 Å². The van der Waals surface area contributed by atoms with Gasteiger partial charge >= 0.3 is 0 Å². The fraction of sp³-hybridized carbons (Fsp3) is 0.381. The van der Waals surface area contributed by atoms with E-state index in [-0.39, 0.29) is 5.82 Å². The van der Waals surface area contributed by atoms with Gasteiger partial charge in [0.2, 0.25) is 0 Å². The normalized spacial score (nSPS) is 10.5. The molecule has 0 aliphatic heterocycles. The van der Waals surface area contributed by atoms with Crippen molar-refractivity contribution in [1.29, 1.82) is 0 Å². The third-order valence-electron chi connectivity index (χ3n) is 3.32. The Labute approximate surface area is 162 Å². The van der Waals surface area contributed by atoms with Crippen molar-refractivity contribution in [3.63, 3.8) is 0 Å². The van der Waals surface area contributed by atoms with E-state index < -0.39 is 0 Å². The summed E-state index contributed by atoms with van der Waals surface area (Å²) < 4.78 is 13.4. The van der Waals surface area contributed by atoms with Crippen LogP contribution in [-0.4, -0.2) is 30.7 Å². The molecular weight excluding hydrogens is 349 g/mol. The zero-order valence-corrected chi connectivity index (χ0v) is 17.1. The average Bonchev–Trinajstić information content (AvgIpc) is 2.62. The smallest absolute Gasteiger partial charge is 0.123 e. The molecule has 0 atom stereocenters. The molecule has 0 aromatic heterocycles. The topological polar surface area (TPSA) is 27.6 Å². The van der Waals surface area contributed by atoms with Crippen LogP contribution in [0, 0.1) is 5.82 Å². The summed E-state index contributed by atoms with van der Waals surface area (Å²) in [6, 6.07) is 6.66. The number of nitrogens with zero attached hydrogens (tertiary/aromatic N) is 2. The molecule has 1 N–H and O–H groups in total. The monoisotopic (exact) mass is 379 g/mol. The fourth-order valence-electron chi connectivity index (χ4n) is 2.10. The Morgan fingerprint density at radius 3 is 2.58 bits per heavy atom. The van der Waals surface area contributed by atoms with E-state index >= 15 is 0 Å². The summed E-state index contributed by atoms with van der Waals surface area (Å²) in [5.74, 6) is 0.337. The molecule has 0 heterocycles. The van der Waals surface area contributed by atoms with Gasteiger partial charge in [-0.15, -0.1) is 18.2 Å². The van der Waals surface area contributed by atoms with Crippen LogP contribution in [-0.2, 0) is 6.54 Å². The molecule has 0 spiro atoms. The lowest BCUT2D eigenvalue weighted by Gasteiger charge is -2.24. The van der Waals surface area contributed by atoms with Crippen molar-refractivity contribution < 1.29 is 4.39 Å². The average molecular weight is 380 g/mol. The number of alkyl halides is 1. The molecule has 1 rings (SSSR count).